The topological polar surface area (TPSA) is 37.0 Å². The van der Waals surface area contributed by atoms with Gasteiger partial charge in [0.1, 0.15) is 0 Å². The molecule has 0 saturated heterocycles. The average Bonchev–Trinajstić information content (AvgIpc) is 2.04. The molecule has 1 N–H and O–H groups in total. The molecule has 2 nitrogen and oxygen atoms in total. The van der Waals surface area contributed by atoms with Crippen LogP contribution in [0.25, 0.3) is 0 Å². The van der Waals surface area contributed by atoms with Gasteiger partial charge in [-0.2, -0.15) is 0 Å². The van der Waals surface area contributed by atoms with Gasteiger partial charge in [0.15, 0.2) is 6.21 Å². The van der Waals surface area contributed by atoms with Gasteiger partial charge in [-0.3, -0.25) is 0 Å². The fraction of sp³-hybridized carbons (Fsp3) is 0.364. The number of nitrogens with one attached hydrogen (secondary N) is 1. The fourth-order valence-corrected chi connectivity index (χ4v) is 1.37. The second-order valence-corrected chi connectivity index (χ2v) is 4.10. The van der Waals surface area contributed by atoms with E-state index in [9.17, 15) is 5.21 Å². The van der Waals surface area contributed by atoms with Gasteiger partial charge in [-0.05, 0) is 17.0 Å². The van der Waals surface area contributed by atoms with Crippen molar-refractivity contribution in [3.63, 3.8) is 0 Å². The molecule has 1 rings (SSSR count). The summed E-state index contributed by atoms with van der Waals surface area (Å²) in [7, 11) is 0. The summed E-state index contributed by atoms with van der Waals surface area (Å²) in [6.45, 7) is 6.39. The predicted octanol–water partition coefficient (Wildman–Crippen LogP) is 0.981. The smallest absolute Gasteiger partial charge is 0.180 e. The second kappa shape index (κ2) is 3.60. The van der Waals surface area contributed by atoms with Crippen LogP contribution in [0.3, 0.4) is 0 Å². The molecule has 1 aromatic carbocycles. The highest BCUT2D eigenvalue weighted by molar-refractivity contribution is 5.78. The second-order valence-electron chi connectivity index (χ2n) is 4.10. The van der Waals surface area contributed by atoms with Crippen molar-refractivity contribution in [1.29, 1.82) is 0 Å². The van der Waals surface area contributed by atoms with Gasteiger partial charge in [0.25, 0.3) is 0 Å². The number of hydrogen-bond donors (Lipinski definition) is 1. The Morgan fingerprint density at radius 3 is 2.38 bits per heavy atom. The minimum Gasteiger partial charge on any atom is -0.625 e. The molecular weight excluding hydrogens is 162 g/mol. The van der Waals surface area contributed by atoms with E-state index in [-0.39, 0.29) is 5.41 Å². The minimum atomic E-state index is 0.0734. The van der Waals surface area contributed by atoms with E-state index in [0.717, 1.165) is 5.56 Å². The standard InChI is InChI=1S/C11H15NO/c1-11(2,3)10-7-5-4-6-9(10)8-12-13/h4-8,12H,1-3H3. The lowest BCUT2D eigenvalue weighted by Crippen LogP contribution is -2.60. The highest BCUT2D eigenvalue weighted by Crippen LogP contribution is 2.24. The maximum atomic E-state index is 10.3. The highest BCUT2D eigenvalue weighted by atomic mass is 16.4. The lowest BCUT2D eigenvalue weighted by atomic mass is 9.84. The van der Waals surface area contributed by atoms with Gasteiger partial charge in [-0.25, -0.2) is 5.16 Å². The van der Waals surface area contributed by atoms with E-state index in [2.05, 4.69) is 20.8 Å². The van der Waals surface area contributed by atoms with Gasteiger partial charge in [0, 0.05) is 5.56 Å². The van der Waals surface area contributed by atoms with Crippen LogP contribution in [0.15, 0.2) is 24.3 Å². The Morgan fingerprint density at radius 2 is 1.85 bits per heavy atom. The first-order chi connectivity index (χ1) is 6.05. The molecule has 0 radical (unpaired) electrons. The third-order valence-corrected chi connectivity index (χ3v) is 1.98. The highest BCUT2D eigenvalue weighted by Gasteiger charge is 2.16. The van der Waals surface area contributed by atoms with E-state index >= 15 is 0 Å². The minimum absolute atomic E-state index is 0.0734. The lowest BCUT2D eigenvalue weighted by Gasteiger charge is -2.20. The van der Waals surface area contributed by atoms with Crippen molar-refractivity contribution in [3.05, 3.63) is 40.6 Å². The van der Waals surface area contributed by atoms with Crippen LogP contribution < -0.4 is 5.16 Å². The number of rotatable bonds is 1. The molecular formula is C11H15NO. The zero-order valence-corrected chi connectivity index (χ0v) is 8.29. The van der Waals surface area contributed by atoms with Crippen molar-refractivity contribution in [2.24, 2.45) is 0 Å². The molecule has 0 amide bonds. The molecule has 0 fully saturated rings. The first-order valence-corrected chi connectivity index (χ1v) is 4.36. The summed E-state index contributed by atoms with van der Waals surface area (Å²) in [5.74, 6) is 0. The van der Waals surface area contributed by atoms with E-state index in [1.165, 1.54) is 11.8 Å². The largest absolute Gasteiger partial charge is 0.625 e. The third-order valence-electron chi connectivity index (χ3n) is 1.98. The maximum absolute atomic E-state index is 10.3. The first-order valence-electron chi connectivity index (χ1n) is 4.36. The normalized spacial score (nSPS) is 12.2. The summed E-state index contributed by atoms with van der Waals surface area (Å²) in [6, 6.07) is 7.90. The summed E-state index contributed by atoms with van der Waals surface area (Å²) in [4.78, 5) is 0. The van der Waals surface area contributed by atoms with E-state index in [0.29, 0.717) is 0 Å². The van der Waals surface area contributed by atoms with Crippen molar-refractivity contribution < 1.29 is 5.16 Å². The van der Waals surface area contributed by atoms with Crippen molar-refractivity contribution in [1.82, 2.24) is 0 Å². The molecule has 13 heavy (non-hydrogen) atoms. The van der Waals surface area contributed by atoms with Crippen LogP contribution >= 0.6 is 0 Å². The van der Waals surface area contributed by atoms with Gasteiger partial charge in [0.2, 0.25) is 0 Å². The molecule has 70 valence electrons. The van der Waals surface area contributed by atoms with Gasteiger partial charge in [-0.1, -0.05) is 39.0 Å². The Morgan fingerprint density at radius 1 is 1.23 bits per heavy atom. The van der Waals surface area contributed by atoms with E-state index in [4.69, 9.17) is 0 Å². The van der Waals surface area contributed by atoms with Crippen LogP contribution in [-0.2, 0) is 5.41 Å². The van der Waals surface area contributed by atoms with Crippen LogP contribution in [0, 0.1) is 5.21 Å². The molecule has 0 spiro atoms. The summed E-state index contributed by atoms with van der Waals surface area (Å²) < 4.78 is 0. The molecule has 0 unspecified atom stereocenters. The van der Waals surface area contributed by atoms with Crippen LogP contribution in [0.1, 0.15) is 31.9 Å². The molecule has 0 atom stereocenters. The number of hydrogen-bond acceptors (Lipinski definition) is 1. The van der Waals surface area contributed by atoms with Gasteiger partial charge in [0.05, 0.1) is 0 Å². The SMILES string of the molecule is CC(C)(C)c1ccccc1C=[NH+][O-]. The van der Waals surface area contributed by atoms with Crippen LogP contribution in [0.2, 0.25) is 0 Å². The quantitative estimate of drug-likeness (QED) is 0.387. The molecule has 0 heterocycles. The molecule has 0 saturated carbocycles. The Balaban J connectivity index is 3.20. The zero-order chi connectivity index (χ0) is 9.90. The molecule has 2 heteroatoms. The summed E-state index contributed by atoms with van der Waals surface area (Å²) >= 11 is 0. The van der Waals surface area contributed by atoms with Crippen LogP contribution in [-0.4, -0.2) is 6.21 Å². The van der Waals surface area contributed by atoms with E-state index in [1.807, 2.05) is 29.4 Å². The van der Waals surface area contributed by atoms with Crippen molar-refractivity contribution >= 4 is 6.21 Å². The molecule has 0 aliphatic carbocycles. The Bertz CT molecular complexity index is 310. The maximum Gasteiger partial charge on any atom is 0.180 e. The monoisotopic (exact) mass is 177 g/mol. The zero-order valence-electron chi connectivity index (χ0n) is 8.29. The van der Waals surface area contributed by atoms with Crippen molar-refractivity contribution in [3.8, 4) is 0 Å². The van der Waals surface area contributed by atoms with Crippen LogP contribution in [0.5, 0.6) is 0 Å². The van der Waals surface area contributed by atoms with Gasteiger partial charge >= 0.3 is 0 Å². The summed E-state index contributed by atoms with van der Waals surface area (Å²) in [5.41, 5.74) is 2.22. The number of benzene rings is 1. The van der Waals surface area contributed by atoms with Crippen molar-refractivity contribution in [2.75, 3.05) is 0 Å². The molecule has 0 aromatic heterocycles. The molecule has 0 bridgehead atoms. The third kappa shape index (κ3) is 2.31. The summed E-state index contributed by atoms with van der Waals surface area (Å²) in [6.07, 6.45) is 1.49. The van der Waals surface area contributed by atoms with Crippen molar-refractivity contribution in [2.45, 2.75) is 26.2 Å². The first kappa shape index (κ1) is 9.78. The molecule has 0 aliphatic rings. The summed E-state index contributed by atoms with van der Waals surface area (Å²) in [5, 5.41) is 12.1. The molecule has 0 aliphatic heterocycles. The Kier molecular flexibility index (Phi) is 2.71. The van der Waals surface area contributed by atoms with Crippen LogP contribution in [0.4, 0.5) is 0 Å². The van der Waals surface area contributed by atoms with E-state index < -0.39 is 0 Å². The average molecular weight is 177 g/mol. The fourth-order valence-electron chi connectivity index (χ4n) is 1.37. The predicted molar refractivity (Wildman–Crippen MR) is 54.6 cm³/mol. The van der Waals surface area contributed by atoms with Gasteiger partial charge in [-0.15, -0.1) is 0 Å². The van der Waals surface area contributed by atoms with E-state index in [1.54, 1.807) is 0 Å². The Hall–Kier alpha value is -1.31. The Labute approximate surface area is 78.9 Å². The van der Waals surface area contributed by atoms with Gasteiger partial charge < -0.3 is 5.21 Å². The lowest BCUT2D eigenvalue weighted by molar-refractivity contribution is -0.366. The molecule has 1 aromatic rings.